The zero-order valence-corrected chi connectivity index (χ0v) is 13.8. The Morgan fingerprint density at radius 2 is 2.04 bits per heavy atom. The van der Waals surface area contributed by atoms with Gasteiger partial charge in [-0.15, -0.1) is 0 Å². The molecule has 1 amide bonds. The van der Waals surface area contributed by atoms with Crippen molar-refractivity contribution < 1.29 is 14.3 Å². The molecule has 2 fully saturated rings. The van der Waals surface area contributed by atoms with Crippen LogP contribution < -0.4 is 10.2 Å². The van der Waals surface area contributed by atoms with E-state index < -0.39 is 0 Å². The van der Waals surface area contributed by atoms with Gasteiger partial charge in [0.25, 0.3) is 0 Å². The second-order valence-electron chi connectivity index (χ2n) is 6.43. The quantitative estimate of drug-likeness (QED) is 0.907. The van der Waals surface area contributed by atoms with Crippen LogP contribution in [-0.2, 0) is 14.3 Å². The van der Waals surface area contributed by atoms with E-state index in [0.29, 0.717) is 6.04 Å². The number of carbonyl (C=O) groups is 1. The van der Waals surface area contributed by atoms with Crippen LogP contribution in [0.1, 0.15) is 32.6 Å². The topological polar surface area (TPSA) is 50.8 Å². The first-order chi connectivity index (χ1) is 11.2. The fraction of sp³-hybridized carbons (Fsp3) is 0.611. The Bertz CT molecular complexity index is 512. The summed E-state index contributed by atoms with van der Waals surface area (Å²) in [6, 6.07) is 8.38. The van der Waals surface area contributed by atoms with E-state index in [1.165, 1.54) is 18.5 Å². The van der Waals surface area contributed by atoms with Gasteiger partial charge in [0.2, 0.25) is 5.91 Å². The summed E-state index contributed by atoms with van der Waals surface area (Å²) >= 11 is 0. The molecule has 0 bridgehead atoms. The monoisotopic (exact) mass is 318 g/mol. The van der Waals surface area contributed by atoms with Crippen molar-refractivity contribution in [3.63, 3.8) is 0 Å². The van der Waals surface area contributed by atoms with Gasteiger partial charge in [0.05, 0.1) is 19.3 Å². The van der Waals surface area contributed by atoms with E-state index >= 15 is 0 Å². The summed E-state index contributed by atoms with van der Waals surface area (Å²) in [6.07, 6.45) is 4.87. The smallest absolute Gasteiger partial charge is 0.250 e. The maximum absolute atomic E-state index is 11.9. The number of hydrogen-bond donors (Lipinski definition) is 1. The molecule has 3 rings (SSSR count). The van der Waals surface area contributed by atoms with Crippen LogP contribution >= 0.6 is 0 Å². The second-order valence-corrected chi connectivity index (χ2v) is 6.43. The predicted molar refractivity (Wildman–Crippen MR) is 90.9 cm³/mol. The van der Waals surface area contributed by atoms with Gasteiger partial charge in [-0.05, 0) is 44.0 Å². The Morgan fingerprint density at radius 3 is 2.74 bits per heavy atom. The molecule has 5 heteroatoms. The molecule has 1 aromatic carbocycles. The van der Waals surface area contributed by atoms with Gasteiger partial charge in [-0.1, -0.05) is 12.8 Å². The van der Waals surface area contributed by atoms with E-state index in [1.807, 2.05) is 12.1 Å². The lowest BCUT2D eigenvalue weighted by Gasteiger charge is -2.35. The zero-order valence-electron chi connectivity index (χ0n) is 13.8. The number of rotatable bonds is 5. The van der Waals surface area contributed by atoms with Crippen LogP contribution in [0.2, 0.25) is 0 Å². The molecule has 1 aliphatic carbocycles. The van der Waals surface area contributed by atoms with Gasteiger partial charge in [0, 0.05) is 24.0 Å². The number of carbonyl (C=O) groups excluding carboxylic acids is 1. The Morgan fingerprint density at radius 1 is 1.30 bits per heavy atom. The molecule has 0 radical (unpaired) electrons. The second kappa shape index (κ2) is 7.79. The predicted octanol–water partition coefficient (Wildman–Crippen LogP) is 2.81. The molecule has 23 heavy (non-hydrogen) atoms. The van der Waals surface area contributed by atoms with Crippen LogP contribution in [0.5, 0.6) is 0 Å². The van der Waals surface area contributed by atoms with Crippen molar-refractivity contribution >= 4 is 17.3 Å². The summed E-state index contributed by atoms with van der Waals surface area (Å²) in [5.74, 6) is -0.0793. The van der Waals surface area contributed by atoms with Gasteiger partial charge in [0.15, 0.2) is 0 Å². The summed E-state index contributed by atoms with van der Waals surface area (Å²) in [5, 5.41) is 2.90. The van der Waals surface area contributed by atoms with Crippen molar-refractivity contribution in [2.45, 2.75) is 44.8 Å². The summed E-state index contributed by atoms with van der Waals surface area (Å²) in [7, 11) is 0. The molecule has 5 nitrogen and oxygen atoms in total. The molecule has 1 aliphatic heterocycles. The van der Waals surface area contributed by atoms with E-state index in [0.717, 1.165) is 38.3 Å². The summed E-state index contributed by atoms with van der Waals surface area (Å²) in [4.78, 5) is 14.3. The molecule has 0 unspecified atom stereocenters. The van der Waals surface area contributed by atoms with Gasteiger partial charge in [-0.3, -0.25) is 4.79 Å². The van der Waals surface area contributed by atoms with Crippen molar-refractivity contribution in [3.05, 3.63) is 24.3 Å². The Balaban J connectivity index is 1.49. The van der Waals surface area contributed by atoms with E-state index in [-0.39, 0.29) is 18.6 Å². The molecule has 1 aromatic rings. The lowest BCUT2D eigenvalue weighted by molar-refractivity contribution is -0.122. The van der Waals surface area contributed by atoms with Gasteiger partial charge >= 0.3 is 0 Å². The Hall–Kier alpha value is -1.59. The van der Waals surface area contributed by atoms with Crippen molar-refractivity contribution in [1.29, 1.82) is 0 Å². The van der Waals surface area contributed by atoms with E-state index in [9.17, 15) is 4.79 Å². The van der Waals surface area contributed by atoms with Gasteiger partial charge in [0.1, 0.15) is 6.61 Å². The number of hydrogen-bond acceptors (Lipinski definition) is 4. The minimum absolute atomic E-state index is 0.0793. The highest BCUT2D eigenvalue weighted by Crippen LogP contribution is 2.22. The zero-order chi connectivity index (χ0) is 16.1. The van der Waals surface area contributed by atoms with Crippen LogP contribution in [0.4, 0.5) is 11.4 Å². The summed E-state index contributed by atoms with van der Waals surface area (Å²) in [6.45, 7) is 4.74. The van der Waals surface area contributed by atoms with Crippen LogP contribution in [0.25, 0.3) is 0 Å². The largest absolute Gasteiger partial charge is 0.377 e. The molecule has 1 saturated carbocycles. The third-order valence-electron chi connectivity index (χ3n) is 4.60. The number of nitrogens with zero attached hydrogens (tertiary/aromatic N) is 1. The van der Waals surface area contributed by atoms with Crippen molar-refractivity contribution in [2.24, 2.45) is 0 Å². The first-order valence-corrected chi connectivity index (χ1v) is 8.58. The molecule has 0 aromatic heterocycles. The highest BCUT2D eigenvalue weighted by Gasteiger charge is 2.19. The maximum atomic E-state index is 11.9. The van der Waals surface area contributed by atoms with Crippen molar-refractivity contribution in [1.82, 2.24) is 0 Å². The van der Waals surface area contributed by atoms with E-state index in [4.69, 9.17) is 9.47 Å². The normalized spacial score (nSPS) is 22.3. The van der Waals surface area contributed by atoms with Crippen molar-refractivity contribution in [2.75, 3.05) is 36.6 Å². The Kier molecular flexibility index (Phi) is 5.51. The number of morpholine rings is 1. The van der Waals surface area contributed by atoms with Gasteiger partial charge < -0.3 is 19.7 Å². The number of anilines is 2. The number of nitrogens with one attached hydrogen (secondary N) is 1. The molecular weight excluding hydrogens is 292 g/mol. The lowest BCUT2D eigenvalue weighted by atomic mass is 10.2. The molecule has 1 atom stereocenters. The average molecular weight is 318 g/mol. The molecule has 2 aliphatic rings. The van der Waals surface area contributed by atoms with Crippen molar-refractivity contribution in [3.8, 4) is 0 Å². The fourth-order valence-corrected chi connectivity index (χ4v) is 3.29. The molecular formula is C18H26N2O3. The lowest BCUT2D eigenvalue weighted by Crippen LogP contribution is -2.43. The Labute approximate surface area is 137 Å². The SMILES string of the molecule is C[C@@H]1COCCN1c1ccc(NC(=O)COC2CCCC2)cc1. The molecule has 126 valence electrons. The number of benzene rings is 1. The van der Waals surface area contributed by atoms with Crippen LogP contribution in [0, 0.1) is 0 Å². The van der Waals surface area contributed by atoms with Crippen LogP contribution in [0.15, 0.2) is 24.3 Å². The van der Waals surface area contributed by atoms with E-state index in [1.54, 1.807) is 0 Å². The molecule has 1 saturated heterocycles. The van der Waals surface area contributed by atoms with Crippen LogP contribution in [0.3, 0.4) is 0 Å². The van der Waals surface area contributed by atoms with E-state index in [2.05, 4.69) is 29.3 Å². The fourth-order valence-electron chi connectivity index (χ4n) is 3.29. The standard InChI is InChI=1S/C18H26N2O3/c1-14-12-22-11-10-20(14)16-8-6-15(7-9-16)19-18(21)13-23-17-4-2-3-5-17/h6-9,14,17H,2-5,10-13H2,1H3,(H,19,21)/t14-/m1/s1. The molecule has 1 heterocycles. The number of ether oxygens (including phenoxy) is 2. The highest BCUT2D eigenvalue weighted by atomic mass is 16.5. The average Bonchev–Trinajstić information content (AvgIpc) is 3.08. The summed E-state index contributed by atoms with van der Waals surface area (Å²) in [5.41, 5.74) is 1.98. The number of amides is 1. The van der Waals surface area contributed by atoms with Gasteiger partial charge in [-0.2, -0.15) is 0 Å². The minimum atomic E-state index is -0.0793. The third kappa shape index (κ3) is 4.45. The summed E-state index contributed by atoms with van der Waals surface area (Å²) < 4.78 is 11.1. The van der Waals surface area contributed by atoms with Crippen LogP contribution in [-0.4, -0.2) is 44.4 Å². The first-order valence-electron chi connectivity index (χ1n) is 8.58. The van der Waals surface area contributed by atoms with Gasteiger partial charge in [-0.25, -0.2) is 0 Å². The first kappa shape index (κ1) is 16.3. The third-order valence-corrected chi connectivity index (χ3v) is 4.60. The maximum Gasteiger partial charge on any atom is 0.250 e. The highest BCUT2D eigenvalue weighted by molar-refractivity contribution is 5.91. The molecule has 1 N–H and O–H groups in total. The minimum Gasteiger partial charge on any atom is -0.377 e. The molecule has 0 spiro atoms.